The molecule has 2 heterocycles. The van der Waals surface area contributed by atoms with Crippen LogP contribution < -0.4 is 10.1 Å². The Kier molecular flexibility index (Phi) is 5.73. The largest absolute Gasteiger partial charge is 0.522 e. The smallest absolute Gasteiger partial charge is 0.435 e. The van der Waals surface area contributed by atoms with Crippen LogP contribution in [0.2, 0.25) is 0 Å². The number of benzene rings is 1. The standard InChI is InChI=1S/C17H17F5N4O3/c1-8(15(27)26-6-13(9(26)2)29-17(20,21)22)25-14-11-4-3-10(28-16(18)19)5-12(11)23-7-24-14/h3-5,7-9,13,16H,6H2,1-2H3,(H,23,24,25)/t8-,9+,13+/m1/s1. The minimum atomic E-state index is -4.76. The normalized spacial score (nSPS) is 20.5. The third-order valence-electron chi connectivity index (χ3n) is 4.53. The van der Waals surface area contributed by atoms with Gasteiger partial charge in [0.15, 0.2) is 0 Å². The SMILES string of the molecule is C[C@@H](Nc1ncnc2cc(OC(F)F)ccc12)C(=O)N1C[C@H](OC(F)(F)F)[C@@H]1C. The first kappa shape index (κ1) is 21.0. The van der Waals surface area contributed by atoms with Gasteiger partial charge in [-0.05, 0) is 26.0 Å². The number of hydrogen-bond donors (Lipinski definition) is 1. The zero-order valence-corrected chi connectivity index (χ0v) is 15.3. The molecule has 12 heteroatoms. The van der Waals surface area contributed by atoms with E-state index in [0.29, 0.717) is 10.9 Å². The van der Waals surface area contributed by atoms with Crippen molar-refractivity contribution in [3.8, 4) is 5.75 Å². The summed E-state index contributed by atoms with van der Waals surface area (Å²) in [6.07, 6.45) is -4.68. The van der Waals surface area contributed by atoms with Gasteiger partial charge in [0.05, 0.1) is 11.6 Å². The Hall–Kier alpha value is -2.76. The first-order valence-corrected chi connectivity index (χ1v) is 8.56. The number of rotatable bonds is 6. The fourth-order valence-corrected chi connectivity index (χ4v) is 3.02. The molecule has 7 nitrogen and oxygen atoms in total. The molecule has 1 fully saturated rings. The van der Waals surface area contributed by atoms with Gasteiger partial charge in [0.25, 0.3) is 0 Å². The molecular weight excluding hydrogens is 403 g/mol. The fourth-order valence-electron chi connectivity index (χ4n) is 3.02. The molecule has 0 saturated carbocycles. The lowest BCUT2D eigenvalue weighted by Crippen LogP contribution is -2.64. The summed E-state index contributed by atoms with van der Waals surface area (Å²) in [6.45, 7) is -0.150. The number of alkyl halides is 5. The number of halogens is 5. The number of carbonyl (C=O) groups is 1. The molecule has 1 aliphatic rings. The molecule has 158 valence electrons. The molecule has 1 aromatic heterocycles. The number of nitrogens with one attached hydrogen (secondary N) is 1. The lowest BCUT2D eigenvalue weighted by Gasteiger charge is -2.46. The Labute approximate surface area is 161 Å². The molecular formula is C17H17F5N4O3. The number of amides is 1. The average Bonchev–Trinajstić information content (AvgIpc) is 2.62. The molecule has 3 rings (SSSR count). The Balaban J connectivity index is 1.68. The summed E-state index contributed by atoms with van der Waals surface area (Å²) < 4.78 is 69.9. The summed E-state index contributed by atoms with van der Waals surface area (Å²) in [6, 6.07) is 2.54. The molecule has 2 aromatic rings. The molecule has 0 radical (unpaired) electrons. The van der Waals surface area contributed by atoms with E-state index in [1.54, 1.807) is 0 Å². The average molecular weight is 420 g/mol. The second-order valence-corrected chi connectivity index (χ2v) is 6.48. The number of anilines is 1. The highest BCUT2D eigenvalue weighted by atomic mass is 19.4. The zero-order valence-electron chi connectivity index (χ0n) is 15.3. The second kappa shape index (κ2) is 7.93. The zero-order chi connectivity index (χ0) is 21.3. The topological polar surface area (TPSA) is 76.6 Å². The number of aromatic nitrogens is 2. The number of likely N-dealkylation sites (tertiary alicyclic amines) is 1. The molecule has 29 heavy (non-hydrogen) atoms. The lowest BCUT2D eigenvalue weighted by atomic mass is 9.99. The molecule has 0 bridgehead atoms. The molecule has 0 unspecified atom stereocenters. The summed E-state index contributed by atoms with van der Waals surface area (Å²) in [5.41, 5.74) is 0.316. The van der Waals surface area contributed by atoms with E-state index in [1.807, 2.05) is 0 Å². The molecule has 3 atom stereocenters. The van der Waals surface area contributed by atoms with Crippen LogP contribution in [0.4, 0.5) is 27.8 Å². The van der Waals surface area contributed by atoms with Gasteiger partial charge in [0, 0.05) is 18.0 Å². The van der Waals surface area contributed by atoms with Crippen molar-refractivity contribution in [2.45, 2.75) is 45.0 Å². The van der Waals surface area contributed by atoms with Gasteiger partial charge in [-0.2, -0.15) is 8.78 Å². The van der Waals surface area contributed by atoms with Crippen molar-refractivity contribution in [1.82, 2.24) is 14.9 Å². The van der Waals surface area contributed by atoms with E-state index >= 15 is 0 Å². The highest BCUT2D eigenvalue weighted by molar-refractivity contribution is 5.92. The second-order valence-electron chi connectivity index (χ2n) is 6.48. The molecule has 0 aliphatic carbocycles. The number of ether oxygens (including phenoxy) is 2. The predicted molar refractivity (Wildman–Crippen MR) is 91.4 cm³/mol. The maximum Gasteiger partial charge on any atom is 0.522 e. The summed E-state index contributed by atoms with van der Waals surface area (Å²) in [5.74, 6) is -0.231. The first-order valence-electron chi connectivity index (χ1n) is 8.56. The Morgan fingerprint density at radius 2 is 2.03 bits per heavy atom. The van der Waals surface area contributed by atoms with Gasteiger partial charge < -0.3 is 15.0 Å². The van der Waals surface area contributed by atoms with Gasteiger partial charge in [0.2, 0.25) is 5.91 Å². The van der Waals surface area contributed by atoms with E-state index < -0.39 is 37.1 Å². The highest BCUT2D eigenvalue weighted by Crippen LogP contribution is 2.30. The van der Waals surface area contributed by atoms with Gasteiger partial charge in [-0.1, -0.05) is 0 Å². The quantitative estimate of drug-likeness (QED) is 0.724. The van der Waals surface area contributed by atoms with E-state index in [4.69, 9.17) is 0 Å². The predicted octanol–water partition coefficient (Wildman–Crippen LogP) is 3.17. The number of nitrogens with zero attached hydrogens (tertiary/aromatic N) is 3. The van der Waals surface area contributed by atoms with Crippen molar-refractivity contribution >= 4 is 22.6 Å². The van der Waals surface area contributed by atoms with Crippen LogP contribution in [0.3, 0.4) is 0 Å². The molecule has 1 saturated heterocycles. The van der Waals surface area contributed by atoms with E-state index in [2.05, 4.69) is 24.8 Å². The number of hydrogen-bond acceptors (Lipinski definition) is 6. The Morgan fingerprint density at radius 3 is 2.66 bits per heavy atom. The third kappa shape index (κ3) is 4.81. The minimum Gasteiger partial charge on any atom is -0.435 e. The van der Waals surface area contributed by atoms with Crippen molar-refractivity contribution < 1.29 is 36.2 Å². The van der Waals surface area contributed by atoms with Crippen molar-refractivity contribution in [1.29, 1.82) is 0 Å². The summed E-state index contributed by atoms with van der Waals surface area (Å²) in [7, 11) is 0. The fraction of sp³-hybridized carbons (Fsp3) is 0.471. The Morgan fingerprint density at radius 1 is 1.31 bits per heavy atom. The maximum absolute atomic E-state index is 12.5. The van der Waals surface area contributed by atoms with Crippen molar-refractivity contribution in [2.24, 2.45) is 0 Å². The molecule has 1 aliphatic heterocycles. The summed E-state index contributed by atoms with van der Waals surface area (Å²) in [4.78, 5) is 21.8. The Bertz CT molecular complexity index is 895. The van der Waals surface area contributed by atoms with Gasteiger partial charge in [-0.3, -0.25) is 9.53 Å². The van der Waals surface area contributed by atoms with E-state index in [0.717, 1.165) is 0 Å². The van der Waals surface area contributed by atoms with Gasteiger partial charge >= 0.3 is 13.0 Å². The van der Waals surface area contributed by atoms with E-state index in [9.17, 15) is 26.7 Å². The van der Waals surface area contributed by atoms with Crippen molar-refractivity contribution in [3.63, 3.8) is 0 Å². The lowest BCUT2D eigenvalue weighted by molar-refractivity contribution is -0.359. The van der Waals surface area contributed by atoms with Crippen LogP contribution in [-0.4, -0.2) is 58.5 Å². The number of fused-ring (bicyclic) bond motifs is 1. The third-order valence-corrected chi connectivity index (χ3v) is 4.53. The van der Waals surface area contributed by atoms with Crippen LogP contribution in [0.15, 0.2) is 24.5 Å². The van der Waals surface area contributed by atoms with Crippen LogP contribution >= 0.6 is 0 Å². The first-order chi connectivity index (χ1) is 13.5. The summed E-state index contributed by atoms with van der Waals surface area (Å²) in [5, 5.41) is 3.35. The molecule has 1 aromatic carbocycles. The van der Waals surface area contributed by atoms with E-state index in [1.165, 1.54) is 43.3 Å². The maximum atomic E-state index is 12.5. The minimum absolute atomic E-state index is 0.0774. The summed E-state index contributed by atoms with van der Waals surface area (Å²) >= 11 is 0. The number of carbonyl (C=O) groups excluding carboxylic acids is 1. The van der Waals surface area contributed by atoms with Crippen molar-refractivity contribution in [3.05, 3.63) is 24.5 Å². The molecule has 0 spiro atoms. The van der Waals surface area contributed by atoms with Crippen LogP contribution in [0.5, 0.6) is 5.75 Å². The van der Waals surface area contributed by atoms with Crippen LogP contribution in [0.25, 0.3) is 10.9 Å². The highest BCUT2D eigenvalue weighted by Gasteiger charge is 2.46. The van der Waals surface area contributed by atoms with Crippen LogP contribution in [0.1, 0.15) is 13.8 Å². The molecule has 1 amide bonds. The van der Waals surface area contributed by atoms with Crippen LogP contribution in [-0.2, 0) is 9.53 Å². The molecule has 1 N–H and O–H groups in total. The monoisotopic (exact) mass is 420 g/mol. The van der Waals surface area contributed by atoms with Gasteiger partial charge in [-0.15, -0.1) is 13.2 Å². The van der Waals surface area contributed by atoms with Crippen molar-refractivity contribution in [2.75, 3.05) is 11.9 Å². The van der Waals surface area contributed by atoms with Gasteiger partial charge in [-0.25, -0.2) is 9.97 Å². The van der Waals surface area contributed by atoms with E-state index in [-0.39, 0.29) is 18.1 Å². The van der Waals surface area contributed by atoms with Gasteiger partial charge in [0.1, 0.15) is 30.0 Å². The van der Waals surface area contributed by atoms with Crippen LogP contribution in [0, 0.1) is 0 Å².